The van der Waals surface area contributed by atoms with Crippen molar-refractivity contribution in [2.45, 2.75) is 6.92 Å². The first kappa shape index (κ1) is 10.6. The van der Waals surface area contributed by atoms with E-state index in [1.165, 1.54) is 33.4 Å². The molecule has 0 amide bonds. The Labute approximate surface area is 112 Å². The van der Waals surface area contributed by atoms with Crippen molar-refractivity contribution in [1.29, 1.82) is 0 Å². The molecule has 2 heteroatoms. The van der Waals surface area contributed by atoms with Gasteiger partial charge < -0.3 is 4.57 Å². The number of para-hydroxylation sites is 2. The van der Waals surface area contributed by atoms with Crippen molar-refractivity contribution < 1.29 is 0 Å². The van der Waals surface area contributed by atoms with Gasteiger partial charge in [-0.15, -0.1) is 0 Å². The molecule has 4 rings (SSSR count). The Kier molecular flexibility index (Phi) is 1.99. The fraction of sp³-hybridized carbons (Fsp3) is 0.118. The minimum atomic E-state index is 1.10. The van der Waals surface area contributed by atoms with Crippen LogP contribution in [0.1, 0.15) is 16.8 Å². The van der Waals surface area contributed by atoms with Gasteiger partial charge in [0.2, 0.25) is 0 Å². The molecule has 0 aliphatic carbocycles. The Morgan fingerprint density at radius 1 is 0.947 bits per heavy atom. The number of aryl methyl sites for hydroxylation is 1. The molecule has 2 aromatic carbocycles. The van der Waals surface area contributed by atoms with Crippen molar-refractivity contribution in [3.8, 4) is 5.69 Å². The molecule has 0 saturated heterocycles. The number of benzene rings is 2. The van der Waals surface area contributed by atoms with Gasteiger partial charge in [-0.3, -0.25) is 4.99 Å². The second kappa shape index (κ2) is 3.58. The minimum absolute atomic E-state index is 1.10. The summed E-state index contributed by atoms with van der Waals surface area (Å²) in [6, 6.07) is 17.0. The van der Waals surface area contributed by atoms with E-state index in [1.807, 2.05) is 7.05 Å². The maximum Gasteiger partial charge on any atom is 0.0907 e. The molecule has 0 atom stereocenters. The zero-order chi connectivity index (χ0) is 13.0. The molecule has 0 spiro atoms. The highest BCUT2D eigenvalue weighted by atomic mass is 15.0. The van der Waals surface area contributed by atoms with Crippen molar-refractivity contribution in [2.75, 3.05) is 7.05 Å². The fourth-order valence-corrected chi connectivity index (χ4v) is 3.16. The lowest BCUT2D eigenvalue weighted by atomic mass is 10.0. The topological polar surface area (TPSA) is 17.3 Å². The van der Waals surface area contributed by atoms with E-state index in [1.54, 1.807) is 0 Å². The zero-order valence-corrected chi connectivity index (χ0v) is 11.0. The van der Waals surface area contributed by atoms with Crippen LogP contribution in [0, 0.1) is 6.92 Å². The first-order valence-corrected chi connectivity index (χ1v) is 6.50. The van der Waals surface area contributed by atoms with E-state index in [0.29, 0.717) is 0 Å². The van der Waals surface area contributed by atoms with Gasteiger partial charge in [0.25, 0.3) is 0 Å². The van der Waals surface area contributed by atoms with E-state index in [9.17, 15) is 0 Å². The summed E-state index contributed by atoms with van der Waals surface area (Å²) in [5.41, 5.74) is 7.39. The third kappa shape index (κ3) is 1.18. The van der Waals surface area contributed by atoms with Crippen molar-refractivity contribution in [3.63, 3.8) is 0 Å². The van der Waals surface area contributed by atoms with Gasteiger partial charge in [0.1, 0.15) is 0 Å². The van der Waals surface area contributed by atoms with Crippen LogP contribution in [0.2, 0.25) is 0 Å². The second-order valence-corrected chi connectivity index (χ2v) is 4.92. The van der Waals surface area contributed by atoms with Crippen LogP contribution >= 0.6 is 0 Å². The van der Waals surface area contributed by atoms with Crippen LogP contribution in [0.5, 0.6) is 0 Å². The molecule has 1 aliphatic heterocycles. The van der Waals surface area contributed by atoms with E-state index >= 15 is 0 Å². The molecule has 2 heterocycles. The van der Waals surface area contributed by atoms with Crippen LogP contribution in [0.15, 0.2) is 53.5 Å². The quantitative estimate of drug-likeness (QED) is 0.450. The molecule has 2 nitrogen and oxygen atoms in total. The largest absolute Gasteiger partial charge is 0.307 e. The SMILES string of the molecule is CN=C1c2ccccc2-n2c1c(C)c1ccccc12. The number of hydrogen-bond donors (Lipinski definition) is 0. The van der Waals surface area contributed by atoms with Gasteiger partial charge >= 0.3 is 0 Å². The highest BCUT2D eigenvalue weighted by Crippen LogP contribution is 2.37. The molecular weight excluding hydrogens is 232 g/mol. The summed E-state index contributed by atoms with van der Waals surface area (Å²) >= 11 is 0. The molecule has 1 aromatic heterocycles. The number of aliphatic imine (C=N–C) groups is 1. The normalized spacial score (nSPS) is 14.9. The molecular formula is C17H14N2. The Hall–Kier alpha value is -2.35. The number of rotatable bonds is 0. The number of aromatic nitrogens is 1. The Balaban J connectivity index is 2.25. The highest BCUT2D eigenvalue weighted by Gasteiger charge is 2.28. The summed E-state index contributed by atoms with van der Waals surface area (Å²) in [7, 11) is 1.87. The summed E-state index contributed by atoms with van der Waals surface area (Å²) in [4.78, 5) is 4.52. The van der Waals surface area contributed by atoms with Crippen LogP contribution in [0.25, 0.3) is 16.6 Å². The minimum Gasteiger partial charge on any atom is -0.307 e. The lowest BCUT2D eigenvalue weighted by Gasteiger charge is -2.03. The molecule has 19 heavy (non-hydrogen) atoms. The molecule has 0 bridgehead atoms. The lowest BCUT2D eigenvalue weighted by molar-refractivity contribution is 1.13. The van der Waals surface area contributed by atoms with E-state index < -0.39 is 0 Å². The monoisotopic (exact) mass is 246 g/mol. The van der Waals surface area contributed by atoms with Gasteiger partial charge in [0.15, 0.2) is 0 Å². The van der Waals surface area contributed by atoms with Gasteiger partial charge in [-0.1, -0.05) is 36.4 Å². The molecule has 0 unspecified atom stereocenters. The first-order valence-electron chi connectivity index (χ1n) is 6.50. The van der Waals surface area contributed by atoms with E-state index in [0.717, 1.165) is 5.71 Å². The van der Waals surface area contributed by atoms with Crippen LogP contribution in [0.3, 0.4) is 0 Å². The van der Waals surface area contributed by atoms with Crippen LogP contribution in [0.4, 0.5) is 0 Å². The zero-order valence-electron chi connectivity index (χ0n) is 11.0. The number of fused-ring (bicyclic) bond motifs is 5. The molecule has 0 fully saturated rings. The fourth-order valence-electron chi connectivity index (χ4n) is 3.16. The molecule has 3 aromatic rings. The Morgan fingerprint density at radius 2 is 1.68 bits per heavy atom. The number of nitrogens with zero attached hydrogens (tertiary/aromatic N) is 2. The van der Waals surface area contributed by atoms with Gasteiger partial charge in [-0.2, -0.15) is 0 Å². The Morgan fingerprint density at radius 3 is 2.53 bits per heavy atom. The van der Waals surface area contributed by atoms with Crippen LogP contribution < -0.4 is 0 Å². The van der Waals surface area contributed by atoms with E-state index in [2.05, 4.69) is 65.0 Å². The predicted molar refractivity (Wildman–Crippen MR) is 79.6 cm³/mol. The molecule has 92 valence electrons. The lowest BCUT2D eigenvalue weighted by Crippen LogP contribution is -1.99. The van der Waals surface area contributed by atoms with Gasteiger partial charge in [0.05, 0.1) is 22.6 Å². The summed E-state index contributed by atoms with van der Waals surface area (Å²) in [6.45, 7) is 2.19. The average molecular weight is 246 g/mol. The average Bonchev–Trinajstić information content (AvgIpc) is 2.94. The second-order valence-electron chi connectivity index (χ2n) is 4.92. The van der Waals surface area contributed by atoms with Crippen molar-refractivity contribution in [1.82, 2.24) is 4.57 Å². The van der Waals surface area contributed by atoms with Crippen molar-refractivity contribution in [2.24, 2.45) is 4.99 Å². The van der Waals surface area contributed by atoms with Gasteiger partial charge in [-0.25, -0.2) is 0 Å². The van der Waals surface area contributed by atoms with E-state index in [-0.39, 0.29) is 0 Å². The summed E-state index contributed by atoms with van der Waals surface area (Å²) < 4.78 is 2.34. The summed E-state index contributed by atoms with van der Waals surface area (Å²) in [6.07, 6.45) is 0. The molecule has 0 saturated carbocycles. The van der Waals surface area contributed by atoms with Crippen LogP contribution in [-0.4, -0.2) is 17.3 Å². The van der Waals surface area contributed by atoms with Crippen LogP contribution in [-0.2, 0) is 0 Å². The maximum absolute atomic E-state index is 4.52. The maximum atomic E-state index is 4.52. The third-order valence-electron chi connectivity index (χ3n) is 3.98. The molecule has 1 aliphatic rings. The van der Waals surface area contributed by atoms with Crippen molar-refractivity contribution >= 4 is 16.6 Å². The summed E-state index contributed by atoms with van der Waals surface area (Å²) in [5.74, 6) is 0. The van der Waals surface area contributed by atoms with E-state index in [4.69, 9.17) is 0 Å². The molecule has 0 radical (unpaired) electrons. The van der Waals surface area contributed by atoms with Gasteiger partial charge in [0, 0.05) is 18.0 Å². The van der Waals surface area contributed by atoms with Crippen molar-refractivity contribution in [3.05, 3.63) is 65.4 Å². The number of hydrogen-bond acceptors (Lipinski definition) is 1. The predicted octanol–water partition coefficient (Wildman–Crippen LogP) is 3.72. The first-order chi connectivity index (χ1) is 9.33. The summed E-state index contributed by atoms with van der Waals surface area (Å²) in [5, 5.41) is 1.31. The molecule has 0 N–H and O–H groups in total. The smallest absolute Gasteiger partial charge is 0.0907 e. The Bertz CT molecular complexity index is 838. The highest BCUT2D eigenvalue weighted by molar-refractivity contribution is 6.21. The third-order valence-corrected chi connectivity index (χ3v) is 3.98. The van der Waals surface area contributed by atoms with Gasteiger partial charge in [-0.05, 0) is 24.6 Å². The standard InChI is InChI=1S/C17H14N2/c1-11-12-7-3-5-9-14(12)19-15-10-6-4-8-13(15)16(18-2)17(11)19/h3-10H,1-2H3.